The molecule has 0 aliphatic carbocycles. The largest absolute Gasteiger partial charge is 0.327 e. The molecule has 0 aliphatic rings. The highest BCUT2D eigenvalue weighted by Gasteiger charge is 2.04. The first-order chi connectivity index (χ1) is 6.15. The van der Waals surface area contributed by atoms with Crippen molar-refractivity contribution >= 4 is 6.08 Å². The maximum absolute atomic E-state index is 13.0. The summed E-state index contributed by atoms with van der Waals surface area (Å²) in [5.74, 6) is -1.06. The zero-order valence-electron chi connectivity index (χ0n) is 7.35. The summed E-state index contributed by atoms with van der Waals surface area (Å²) in [6, 6.07) is 2.56. The van der Waals surface area contributed by atoms with Gasteiger partial charge in [-0.05, 0) is 24.6 Å². The van der Waals surface area contributed by atoms with Crippen LogP contribution in [-0.4, -0.2) is 6.54 Å². The maximum atomic E-state index is 13.0. The minimum absolute atomic E-state index is 0.0462. The molecule has 0 atom stereocenters. The van der Waals surface area contributed by atoms with Crippen LogP contribution < -0.4 is 5.73 Å². The maximum Gasteiger partial charge on any atom is 0.129 e. The number of hydrogen-bond acceptors (Lipinski definition) is 1. The second-order valence-electron chi connectivity index (χ2n) is 2.75. The summed E-state index contributed by atoms with van der Waals surface area (Å²) in [6.07, 6.45) is 3.23. The lowest BCUT2D eigenvalue weighted by Gasteiger charge is -2.00. The summed E-state index contributed by atoms with van der Waals surface area (Å²) in [7, 11) is 0. The number of rotatable bonds is 2. The van der Waals surface area contributed by atoms with Gasteiger partial charge in [0, 0.05) is 12.1 Å². The second kappa shape index (κ2) is 4.14. The van der Waals surface area contributed by atoms with Gasteiger partial charge in [0.25, 0.3) is 0 Å². The van der Waals surface area contributed by atoms with Crippen LogP contribution in [0.5, 0.6) is 0 Å². The van der Waals surface area contributed by atoms with E-state index >= 15 is 0 Å². The molecule has 0 heterocycles. The molecule has 1 rings (SSSR count). The molecule has 0 amide bonds. The molecule has 0 saturated heterocycles. The summed E-state index contributed by atoms with van der Waals surface area (Å²) in [4.78, 5) is 0. The van der Waals surface area contributed by atoms with Crippen LogP contribution in [0.4, 0.5) is 8.78 Å². The van der Waals surface area contributed by atoms with Gasteiger partial charge in [-0.2, -0.15) is 0 Å². The summed E-state index contributed by atoms with van der Waals surface area (Å²) >= 11 is 0. The Morgan fingerprint density at radius 3 is 2.31 bits per heavy atom. The van der Waals surface area contributed by atoms with Crippen LogP contribution in [0.1, 0.15) is 11.1 Å². The molecule has 0 saturated carbocycles. The molecule has 3 heteroatoms. The fraction of sp³-hybridized carbons (Fsp3) is 0.200. The first kappa shape index (κ1) is 9.86. The fourth-order valence-corrected chi connectivity index (χ4v) is 0.965. The van der Waals surface area contributed by atoms with Gasteiger partial charge in [0.05, 0.1) is 0 Å². The molecular formula is C10H11F2N. The van der Waals surface area contributed by atoms with Gasteiger partial charge < -0.3 is 5.73 Å². The Bertz CT molecular complexity index is 309. The lowest BCUT2D eigenvalue weighted by Crippen LogP contribution is -1.93. The van der Waals surface area contributed by atoms with Crippen molar-refractivity contribution in [2.45, 2.75) is 6.92 Å². The van der Waals surface area contributed by atoms with E-state index in [1.807, 2.05) is 0 Å². The molecule has 13 heavy (non-hydrogen) atoms. The average molecular weight is 183 g/mol. The zero-order valence-corrected chi connectivity index (χ0v) is 7.35. The number of benzene rings is 1. The van der Waals surface area contributed by atoms with Crippen LogP contribution in [0.25, 0.3) is 6.08 Å². The van der Waals surface area contributed by atoms with E-state index in [4.69, 9.17) is 5.73 Å². The van der Waals surface area contributed by atoms with E-state index in [9.17, 15) is 8.78 Å². The van der Waals surface area contributed by atoms with Crippen LogP contribution >= 0.6 is 0 Å². The predicted molar refractivity (Wildman–Crippen MR) is 49.2 cm³/mol. The van der Waals surface area contributed by atoms with E-state index in [0.29, 0.717) is 12.1 Å². The highest BCUT2D eigenvalue weighted by atomic mass is 19.1. The third kappa shape index (κ3) is 2.36. The van der Waals surface area contributed by atoms with Gasteiger partial charge in [-0.15, -0.1) is 0 Å². The Balaban J connectivity index is 3.06. The van der Waals surface area contributed by atoms with Crippen LogP contribution in [0.2, 0.25) is 0 Å². The fourth-order valence-electron chi connectivity index (χ4n) is 0.965. The van der Waals surface area contributed by atoms with Crippen molar-refractivity contribution in [3.05, 3.63) is 41.0 Å². The van der Waals surface area contributed by atoms with Crippen molar-refractivity contribution in [3.63, 3.8) is 0 Å². The standard InChI is InChI=1S/C10H11F2N/c1-7-9(11)5-8(3-2-4-13)6-10(7)12/h2-3,5-6H,4,13H2,1H3/b3-2+. The van der Waals surface area contributed by atoms with Crippen molar-refractivity contribution < 1.29 is 8.78 Å². The minimum atomic E-state index is -0.531. The van der Waals surface area contributed by atoms with E-state index in [1.54, 1.807) is 12.2 Å². The molecule has 0 bridgehead atoms. The van der Waals surface area contributed by atoms with Crippen molar-refractivity contribution in [3.8, 4) is 0 Å². The van der Waals surface area contributed by atoms with E-state index in [0.717, 1.165) is 0 Å². The average Bonchev–Trinajstić information content (AvgIpc) is 2.10. The van der Waals surface area contributed by atoms with Gasteiger partial charge in [0.2, 0.25) is 0 Å². The van der Waals surface area contributed by atoms with Crippen LogP contribution in [0, 0.1) is 18.6 Å². The summed E-state index contributed by atoms with van der Waals surface area (Å²) in [5.41, 5.74) is 5.75. The lowest BCUT2D eigenvalue weighted by atomic mass is 10.1. The van der Waals surface area contributed by atoms with Crippen molar-refractivity contribution in [2.24, 2.45) is 5.73 Å². The van der Waals surface area contributed by atoms with Gasteiger partial charge in [0.1, 0.15) is 11.6 Å². The monoisotopic (exact) mass is 183 g/mol. The van der Waals surface area contributed by atoms with E-state index in [1.165, 1.54) is 19.1 Å². The molecule has 1 aromatic rings. The highest BCUT2D eigenvalue weighted by Crippen LogP contribution is 2.14. The first-order valence-electron chi connectivity index (χ1n) is 3.97. The molecule has 0 unspecified atom stereocenters. The van der Waals surface area contributed by atoms with Gasteiger partial charge in [-0.25, -0.2) is 8.78 Å². The third-order valence-electron chi connectivity index (χ3n) is 1.75. The molecule has 0 aromatic heterocycles. The molecule has 2 N–H and O–H groups in total. The molecule has 0 radical (unpaired) electrons. The van der Waals surface area contributed by atoms with Crippen molar-refractivity contribution in [1.29, 1.82) is 0 Å². The van der Waals surface area contributed by atoms with Gasteiger partial charge in [-0.1, -0.05) is 12.2 Å². The molecular weight excluding hydrogens is 172 g/mol. The Hall–Kier alpha value is -1.22. The first-order valence-corrected chi connectivity index (χ1v) is 3.97. The Kier molecular flexibility index (Phi) is 3.14. The topological polar surface area (TPSA) is 26.0 Å². The lowest BCUT2D eigenvalue weighted by molar-refractivity contribution is 0.567. The van der Waals surface area contributed by atoms with Gasteiger partial charge >= 0.3 is 0 Å². The minimum Gasteiger partial charge on any atom is -0.327 e. The zero-order chi connectivity index (χ0) is 9.84. The second-order valence-corrected chi connectivity index (χ2v) is 2.75. The molecule has 70 valence electrons. The highest BCUT2D eigenvalue weighted by molar-refractivity contribution is 5.50. The molecule has 0 fully saturated rings. The van der Waals surface area contributed by atoms with Crippen LogP contribution in [0.15, 0.2) is 18.2 Å². The Labute approximate surface area is 75.9 Å². The summed E-state index contributed by atoms with van der Waals surface area (Å²) < 4.78 is 25.9. The van der Waals surface area contributed by atoms with Crippen molar-refractivity contribution in [2.75, 3.05) is 6.54 Å². The van der Waals surface area contributed by atoms with Crippen LogP contribution in [0.3, 0.4) is 0 Å². The third-order valence-corrected chi connectivity index (χ3v) is 1.75. The number of hydrogen-bond donors (Lipinski definition) is 1. The molecule has 0 spiro atoms. The van der Waals surface area contributed by atoms with E-state index < -0.39 is 11.6 Å². The Morgan fingerprint density at radius 2 is 1.85 bits per heavy atom. The quantitative estimate of drug-likeness (QED) is 0.747. The van der Waals surface area contributed by atoms with Crippen LogP contribution in [-0.2, 0) is 0 Å². The van der Waals surface area contributed by atoms with Crippen molar-refractivity contribution in [1.82, 2.24) is 0 Å². The van der Waals surface area contributed by atoms with E-state index in [2.05, 4.69) is 0 Å². The SMILES string of the molecule is Cc1c(F)cc(/C=C/CN)cc1F. The summed E-state index contributed by atoms with van der Waals surface area (Å²) in [6.45, 7) is 1.76. The summed E-state index contributed by atoms with van der Waals surface area (Å²) in [5, 5.41) is 0. The van der Waals surface area contributed by atoms with E-state index in [-0.39, 0.29) is 5.56 Å². The van der Waals surface area contributed by atoms with Gasteiger partial charge in [-0.3, -0.25) is 0 Å². The molecule has 1 nitrogen and oxygen atoms in total. The number of halogens is 2. The molecule has 1 aromatic carbocycles. The Morgan fingerprint density at radius 1 is 1.31 bits per heavy atom. The molecule has 0 aliphatic heterocycles. The predicted octanol–water partition coefficient (Wildman–Crippen LogP) is 2.25. The normalized spacial score (nSPS) is 11.1. The smallest absolute Gasteiger partial charge is 0.129 e. The number of nitrogens with two attached hydrogens (primary N) is 1. The van der Waals surface area contributed by atoms with Gasteiger partial charge in [0.15, 0.2) is 0 Å².